The Morgan fingerprint density at radius 3 is 1.69 bits per heavy atom. The van der Waals surface area contributed by atoms with Gasteiger partial charge in [0.15, 0.2) is 5.12 Å². The number of thiol groups is 2. The van der Waals surface area contributed by atoms with Crippen molar-refractivity contribution in [3.8, 4) is 0 Å². The summed E-state index contributed by atoms with van der Waals surface area (Å²) in [6.45, 7) is 1.22. The molecular formula is C5H9O5PS2. The van der Waals surface area contributed by atoms with Crippen LogP contribution in [0.25, 0.3) is 0 Å². The molecule has 76 valence electrons. The molecule has 5 nitrogen and oxygen atoms in total. The lowest BCUT2D eigenvalue weighted by molar-refractivity contribution is -0.118. The molecule has 0 aliphatic heterocycles. The smallest absolute Gasteiger partial charge is 0.324 e. The van der Waals surface area contributed by atoms with Crippen molar-refractivity contribution >= 4 is 43.1 Å². The Labute approximate surface area is 85.9 Å². The quantitative estimate of drug-likeness (QED) is 0.415. The largest absolute Gasteiger partial charge is 0.337 e. The monoisotopic (exact) mass is 244 g/mol. The van der Waals surface area contributed by atoms with E-state index in [2.05, 4.69) is 25.3 Å². The van der Waals surface area contributed by atoms with Crippen molar-refractivity contribution in [3.63, 3.8) is 0 Å². The Morgan fingerprint density at radius 2 is 1.62 bits per heavy atom. The molecule has 0 aromatic carbocycles. The second-order valence-electron chi connectivity index (χ2n) is 2.50. The van der Waals surface area contributed by atoms with E-state index < -0.39 is 29.4 Å². The van der Waals surface area contributed by atoms with Crippen LogP contribution in [0.15, 0.2) is 0 Å². The van der Waals surface area contributed by atoms with Crippen molar-refractivity contribution in [2.75, 3.05) is 0 Å². The average Bonchev–Trinajstić information content (AvgIpc) is 1.82. The number of hydrogen-bond donors (Lipinski definition) is 4. The molecule has 0 rings (SSSR count). The van der Waals surface area contributed by atoms with Gasteiger partial charge in [-0.3, -0.25) is 14.2 Å². The maximum atomic E-state index is 10.8. The van der Waals surface area contributed by atoms with Crippen LogP contribution in [0.1, 0.15) is 6.92 Å². The molecular weight excluding hydrogens is 235 g/mol. The zero-order valence-corrected chi connectivity index (χ0v) is 9.30. The fraction of sp³-hybridized carbons (Fsp3) is 0.600. The van der Waals surface area contributed by atoms with Gasteiger partial charge in [0.05, 0.1) is 0 Å². The zero-order chi connectivity index (χ0) is 10.8. The van der Waals surface area contributed by atoms with E-state index in [0.717, 1.165) is 0 Å². The van der Waals surface area contributed by atoms with Gasteiger partial charge in [-0.05, 0) is 0 Å². The molecule has 2 unspecified atom stereocenters. The third kappa shape index (κ3) is 3.83. The van der Waals surface area contributed by atoms with Gasteiger partial charge in [-0.1, -0.05) is 6.92 Å². The van der Waals surface area contributed by atoms with Crippen LogP contribution in [0, 0.1) is 5.92 Å². The standard InChI is InChI=1S/C5H9O5PS2/c1-2(4(6)12)3(5(7)13)11(8,9)10/h2-3H,1H3,(H,6,12)(H,7,13)(H2,8,9,10). The summed E-state index contributed by atoms with van der Waals surface area (Å²) in [5.74, 6) is -1.14. The first-order valence-electron chi connectivity index (χ1n) is 3.18. The number of hydrogen-bond acceptors (Lipinski definition) is 3. The van der Waals surface area contributed by atoms with Crippen LogP contribution in [-0.4, -0.2) is 25.7 Å². The van der Waals surface area contributed by atoms with E-state index in [1.165, 1.54) is 6.92 Å². The third-order valence-electron chi connectivity index (χ3n) is 1.48. The molecule has 2 atom stereocenters. The highest BCUT2D eigenvalue weighted by Gasteiger charge is 2.40. The van der Waals surface area contributed by atoms with Gasteiger partial charge in [0.25, 0.3) is 0 Å². The van der Waals surface area contributed by atoms with E-state index in [9.17, 15) is 14.2 Å². The van der Waals surface area contributed by atoms with Crippen molar-refractivity contribution in [3.05, 3.63) is 0 Å². The van der Waals surface area contributed by atoms with E-state index >= 15 is 0 Å². The minimum atomic E-state index is -4.64. The van der Waals surface area contributed by atoms with Crippen LogP contribution in [0.5, 0.6) is 0 Å². The molecule has 2 N–H and O–H groups in total. The van der Waals surface area contributed by atoms with Crippen LogP contribution >= 0.6 is 32.9 Å². The molecule has 0 aromatic rings. The van der Waals surface area contributed by atoms with Gasteiger partial charge in [-0.15, -0.1) is 25.3 Å². The molecule has 0 aliphatic carbocycles. The van der Waals surface area contributed by atoms with Crippen molar-refractivity contribution in [1.29, 1.82) is 0 Å². The van der Waals surface area contributed by atoms with E-state index in [1.54, 1.807) is 0 Å². The third-order valence-corrected chi connectivity index (χ3v) is 3.77. The summed E-state index contributed by atoms with van der Waals surface area (Å²) in [6.07, 6.45) is 0. The van der Waals surface area contributed by atoms with Gasteiger partial charge in [0, 0.05) is 5.92 Å². The van der Waals surface area contributed by atoms with Gasteiger partial charge in [-0.2, -0.15) is 0 Å². The molecule has 0 bridgehead atoms. The normalized spacial score (nSPS) is 16.4. The molecule has 13 heavy (non-hydrogen) atoms. The first-order valence-corrected chi connectivity index (χ1v) is 5.76. The topological polar surface area (TPSA) is 91.7 Å². The molecule has 0 fully saturated rings. The van der Waals surface area contributed by atoms with Crippen molar-refractivity contribution in [2.24, 2.45) is 5.92 Å². The van der Waals surface area contributed by atoms with Crippen LogP contribution in [0.3, 0.4) is 0 Å². The molecule has 0 saturated heterocycles. The van der Waals surface area contributed by atoms with Gasteiger partial charge >= 0.3 is 7.60 Å². The summed E-state index contributed by atoms with van der Waals surface area (Å²) >= 11 is 6.69. The van der Waals surface area contributed by atoms with E-state index in [4.69, 9.17) is 9.79 Å². The molecule has 0 spiro atoms. The average molecular weight is 244 g/mol. The zero-order valence-electron chi connectivity index (χ0n) is 6.62. The molecule has 0 aromatic heterocycles. The van der Waals surface area contributed by atoms with E-state index in [0.29, 0.717) is 0 Å². The number of carbonyl (C=O) groups is 2. The summed E-state index contributed by atoms with van der Waals surface area (Å²) in [7, 11) is -4.64. The molecule has 0 radical (unpaired) electrons. The van der Waals surface area contributed by atoms with Crippen molar-refractivity contribution in [2.45, 2.75) is 12.6 Å². The summed E-state index contributed by atoms with van der Waals surface area (Å²) in [4.78, 5) is 38.8. The highest BCUT2D eigenvalue weighted by Crippen LogP contribution is 2.46. The van der Waals surface area contributed by atoms with E-state index in [-0.39, 0.29) is 0 Å². The second kappa shape index (κ2) is 4.61. The number of carbonyl (C=O) groups excluding carboxylic acids is 2. The second-order valence-corrected chi connectivity index (χ2v) is 5.12. The van der Waals surface area contributed by atoms with Crippen LogP contribution in [0.2, 0.25) is 0 Å². The maximum absolute atomic E-state index is 10.8. The van der Waals surface area contributed by atoms with Gasteiger partial charge in [-0.25, -0.2) is 0 Å². The molecule has 0 saturated carbocycles. The Bertz CT molecular complexity index is 272. The lowest BCUT2D eigenvalue weighted by Crippen LogP contribution is -2.28. The minimum Gasteiger partial charge on any atom is -0.324 e. The predicted molar refractivity (Wildman–Crippen MR) is 53.0 cm³/mol. The van der Waals surface area contributed by atoms with Crippen LogP contribution < -0.4 is 0 Å². The highest BCUT2D eigenvalue weighted by molar-refractivity contribution is 7.98. The van der Waals surface area contributed by atoms with Crippen molar-refractivity contribution in [1.82, 2.24) is 0 Å². The van der Waals surface area contributed by atoms with Gasteiger partial charge in [0.1, 0.15) is 5.66 Å². The Hall–Kier alpha value is 0.190. The molecule has 0 aliphatic rings. The number of rotatable bonds is 4. The molecule has 0 amide bonds. The minimum absolute atomic E-state index is 0.754. The van der Waals surface area contributed by atoms with Crippen molar-refractivity contribution < 1.29 is 23.9 Å². The van der Waals surface area contributed by atoms with Gasteiger partial charge < -0.3 is 9.79 Å². The van der Waals surface area contributed by atoms with E-state index in [1.807, 2.05) is 0 Å². The fourth-order valence-corrected chi connectivity index (χ4v) is 2.73. The Morgan fingerprint density at radius 1 is 1.23 bits per heavy atom. The molecule has 0 heterocycles. The first-order chi connectivity index (χ1) is 5.68. The summed E-state index contributed by atoms with van der Waals surface area (Å²) in [6, 6.07) is 0. The maximum Gasteiger partial charge on any atom is 0.337 e. The summed E-state index contributed by atoms with van der Waals surface area (Å²) < 4.78 is 10.8. The van der Waals surface area contributed by atoms with Crippen LogP contribution in [0.4, 0.5) is 0 Å². The molecule has 8 heteroatoms. The summed E-state index contributed by atoms with van der Waals surface area (Å²) in [5, 5.41) is -1.76. The van der Waals surface area contributed by atoms with Gasteiger partial charge in [0.2, 0.25) is 5.12 Å². The summed E-state index contributed by atoms with van der Waals surface area (Å²) in [5.41, 5.74) is -1.71. The predicted octanol–water partition coefficient (Wildman–Crippen LogP) is 0.0816. The fourth-order valence-electron chi connectivity index (χ4n) is 0.784. The Kier molecular flexibility index (Phi) is 4.68. The SMILES string of the molecule is CC(C(=O)S)C(C(=O)S)P(=O)(O)O. The highest BCUT2D eigenvalue weighted by atomic mass is 32.1. The lowest BCUT2D eigenvalue weighted by atomic mass is 10.1. The van der Waals surface area contributed by atoms with Crippen LogP contribution in [-0.2, 0) is 14.2 Å². The first kappa shape index (κ1) is 13.2. The Balaban J connectivity index is 4.95. The lowest BCUT2D eigenvalue weighted by Gasteiger charge is -2.18.